The van der Waals surface area contributed by atoms with E-state index in [1.54, 1.807) is 11.0 Å². The summed E-state index contributed by atoms with van der Waals surface area (Å²) in [5.74, 6) is -0.777. The number of hydrogen-bond acceptors (Lipinski definition) is 3. The van der Waals surface area contributed by atoms with Gasteiger partial charge in [-0.25, -0.2) is 17.6 Å². The van der Waals surface area contributed by atoms with E-state index in [1.165, 1.54) is 22.5 Å². The number of sulfonamides is 1. The molecule has 0 spiro atoms. The van der Waals surface area contributed by atoms with Gasteiger partial charge in [-0.3, -0.25) is 0 Å². The molecule has 1 fully saturated rings. The number of nitrogens with zero attached hydrogens (tertiary/aromatic N) is 2. The largest absolute Gasteiger partial charge is 0.337 e. The molecule has 1 aliphatic heterocycles. The molecule has 9 heteroatoms. The van der Waals surface area contributed by atoms with Crippen LogP contribution in [0.4, 0.5) is 9.18 Å². The summed E-state index contributed by atoms with van der Waals surface area (Å²) in [6.07, 6.45) is 0. The van der Waals surface area contributed by atoms with Crippen LogP contribution in [0.15, 0.2) is 53.4 Å². The van der Waals surface area contributed by atoms with Crippen LogP contribution in [0, 0.1) is 5.82 Å². The van der Waals surface area contributed by atoms with E-state index in [9.17, 15) is 17.6 Å². The monoisotopic (exact) mass is 453 g/mol. The molecule has 0 atom stereocenters. The fourth-order valence-electron chi connectivity index (χ4n) is 3.34. The Morgan fingerprint density at radius 2 is 1.77 bits per heavy atom. The lowest BCUT2D eigenvalue weighted by atomic mass is 9.84. The van der Waals surface area contributed by atoms with E-state index in [1.807, 2.05) is 32.0 Å². The van der Waals surface area contributed by atoms with Crippen molar-refractivity contribution in [2.24, 2.45) is 0 Å². The number of amides is 2. The summed E-state index contributed by atoms with van der Waals surface area (Å²) in [5, 5.41) is 3.56. The topological polar surface area (TPSA) is 69.7 Å². The second kappa shape index (κ2) is 8.91. The summed E-state index contributed by atoms with van der Waals surface area (Å²) in [7, 11) is -3.93. The highest BCUT2D eigenvalue weighted by atomic mass is 35.5. The third-order valence-electron chi connectivity index (χ3n) is 5.27. The molecule has 3 rings (SSSR count). The molecule has 30 heavy (non-hydrogen) atoms. The summed E-state index contributed by atoms with van der Waals surface area (Å²) < 4.78 is 40.5. The van der Waals surface area contributed by atoms with Crippen LogP contribution < -0.4 is 5.32 Å². The number of urea groups is 1. The van der Waals surface area contributed by atoms with Gasteiger partial charge in [0, 0.05) is 43.2 Å². The van der Waals surface area contributed by atoms with Gasteiger partial charge in [0.1, 0.15) is 10.7 Å². The second-order valence-corrected chi connectivity index (χ2v) is 10.2. The molecule has 162 valence electrons. The molecule has 0 aliphatic carbocycles. The number of piperazine rings is 1. The zero-order chi connectivity index (χ0) is 21.9. The Bertz CT molecular complexity index is 1020. The average molecular weight is 454 g/mol. The zero-order valence-corrected chi connectivity index (χ0v) is 18.5. The number of rotatable bonds is 5. The quantitative estimate of drug-likeness (QED) is 0.753. The maximum absolute atomic E-state index is 13.9. The summed E-state index contributed by atoms with van der Waals surface area (Å²) in [6, 6.07) is 12.6. The first-order valence-corrected chi connectivity index (χ1v) is 11.5. The Kier molecular flexibility index (Phi) is 6.69. The molecular formula is C21H25ClFN3O3S. The highest BCUT2D eigenvalue weighted by Gasteiger charge is 2.32. The van der Waals surface area contributed by atoms with Gasteiger partial charge >= 0.3 is 6.03 Å². The maximum atomic E-state index is 13.9. The maximum Gasteiger partial charge on any atom is 0.317 e. The van der Waals surface area contributed by atoms with E-state index >= 15 is 0 Å². The fourth-order valence-corrected chi connectivity index (χ4v) is 5.02. The minimum absolute atomic E-state index is 0.113. The Hall–Kier alpha value is -2.16. The number of carbonyl (C=O) groups excluding carboxylic acids is 1. The number of carbonyl (C=O) groups is 1. The third kappa shape index (κ3) is 4.94. The molecule has 0 bridgehead atoms. The van der Waals surface area contributed by atoms with Crippen molar-refractivity contribution >= 4 is 27.7 Å². The van der Waals surface area contributed by atoms with E-state index in [-0.39, 0.29) is 42.5 Å². The van der Waals surface area contributed by atoms with E-state index in [2.05, 4.69) is 5.32 Å². The van der Waals surface area contributed by atoms with Crippen LogP contribution in [0.5, 0.6) is 0 Å². The molecule has 0 unspecified atom stereocenters. The van der Waals surface area contributed by atoms with Gasteiger partial charge in [0.2, 0.25) is 10.0 Å². The predicted molar refractivity (Wildman–Crippen MR) is 115 cm³/mol. The fraction of sp³-hybridized carbons (Fsp3) is 0.381. The predicted octanol–water partition coefficient (Wildman–Crippen LogP) is 3.47. The van der Waals surface area contributed by atoms with Gasteiger partial charge in [-0.1, -0.05) is 49.7 Å². The molecule has 2 aromatic rings. The number of hydrogen-bond donors (Lipinski definition) is 1. The molecule has 2 amide bonds. The highest BCUT2D eigenvalue weighted by molar-refractivity contribution is 7.89. The van der Waals surface area contributed by atoms with Gasteiger partial charge in [-0.2, -0.15) is 4.31 Å². The van der Waals surface area contributed by atoms with Crippen molar-refractivity contribution in [3.63, 3.8) is 0 Å². The van der Waals surface area contributed by atoms with Crippen molar-refractivity contribution in [1.82, 2.24) is 14.5 Å². The van der Waals surface area contributed by atoms with Crippen LogP contribution in [0.2, 0.25) is 5.02 Å². The number of benzene rings is 2. The Morgan fingerprint density at radius 1 is 1.10 bits per heavy atom. The van der Waals surface area contributed by atoms with Crippen molar-refractivity contribution in [2.45, 2.75) is 24.2 Å². The first kappa shape index (κ1) is 22.5. The first-order valence-electron chi connectivity index (χ1n) is 9.65. The summed E-state index contributed by atoms with van der Waals surface area (Å²) in [5.41, 5.74) is 0.687. The SMILES string of the molecule is CC(C)(CNC(=O)N1CCN(S(=O)(=O)c2ccccc2F)CC1)c1cccc(Cl)c1. The molecule has 2 aromatic carbocycles. The Labute approximate surface area is 181 Å². The third-order valence-corrected chi connectivity index (χ3v) is 7.43. The summed E-state index contributed by atoms with van der Waals surface area (Å²) >= 11 is 6.07. The lowest BCUT2D eigenvalue weighted by molar-refractivity contribution is 0.170. The highest BCUT2D eigenvalue weighted by Crippen LogP contribution is 2.25. The van der Waals surface area contributed by atoms with Crippen molar-refractivity contribution in [3.05, 3.63) is 64.9 Å². The van der Waals surface area contributed by atoms with Crippen LogP contribution in [0.3, 0.4) is 0 Å². The van der Waals surface area contributed by atoms with Crippen molar-refractivity contribution < 1.29 is 17.6 Å². The van der Waals surface area contributed by atoms with Crippen LogP contribution in [0.1, 0.15) is 19.4 Å². The van der Waals surface area contributed by atoms with Crippen molar-refractivity contribution in [3.8, 4) is 0 Å². The molecule has 1 saturated heterocycles. The van der Waals surface area contributed by atoms with E-state index in [0.717, 1.165) is 11.6 Å². The van der Waals surface area contributed by atoms with E-state index < -0.39 is 15.8 Å². The molecule has 0 aromatic heterocycles. The molecule has 0 saturated carbocycles. The number of halogens is 2. The second-order valence-electron chi connectivity index (χ2n) is 7.87. The molecule has 0 radical (unpaired) electrons. The minimum Gasteiger partial charge on any atom is -0.337 e. The van der Waals surface area contributed by atoms with Gasteiger partial charge in [0.05, 0.1) is 0 Å². The summed E-state index contributed by atoms with van der Waals surface area (Å²) in [4.78, 5) is 13.8. The minimum atomic E-state index is -3.93. The van der Waals surface area contributed by atoms with Crippen molar-refractivity contribution in [2.75, 3.05) is 32.7 Å². The van der Waals surface area contributed by atoms with Gasteiger partial charge in [0.25, 0.3) is 0 Å². The lowest BCUT2D eigenvalue weighted by Crippen LogP contribution is -2.54. The van der Waals surface area contributed by atoms with Crippen LogP contribution in [-0.2, 0) is 15.4 Å². The van der Waals surface area contributed by atoms with E-state index in [0.29, 0.717) is 11.6 Å². The standard InChI is InChI=1S/C21H25ClFN3O3S/c1-21(2,16-6-5-7-17(22)14-16)15-24-20(27)25-10-12-26(13-11-25)30(28,29)19-9-4-3-8-18(19)23/h3-9,14H,10-13,15H2,1-2H3,(H,24,27). The smallest absolute Gasteiger partial charge is 0.317 e. The first-order chi connectivity index (χ1) is 14.1. The molecule has 6 nitrogen and oxygen atoms in total. The lowest BCUT2D eigenvalue weighted by Gasteiger charge is -2.35. The van der Waals surface area contributed by atoms with Gasteiger partial charge in [0.15, 0.2) is 0 Å². The zero-order valence-electron chi connectivity index (χ0n) is 16.9. The summed E-state index contributed by atoms with van der Waals surface area (Å²) in [6.45, 7) is 5.12. The Morgan fingerprint density at radius 3 is 2.40 bits per heavy atom. The van der Waals surface area contributed by atoms with Crippen LogP contribution >= 0.6 is 11.6 Å². The van der Waals surface area contributed by atoms with E-state index in [4.69, 9.17) is 11.6 Å². The van der Waals surface area contributed by atoms with Gasteiger partial charge < -0.3 is 10.2 Å². The molecule has 1 N–H and O–H groups in total. The van der Waals surface area contributed by atoms with Gasteiger partial charge in [-0.05, 0) is 29.8 Å². The number of nitrogens with one attached hydrogen (secondary N) is 1. The molecule has 1 aliphatic rings. The van der Waals surface area contributed by atoms with Crippen LogP contribution in [-0.4, -0.2) is 56.4 Å². The van der Waals surface area contributed by atoms with Gasteiger partial charge in [-0.15, -0.1) is 0 Å². The Balaban J connectivity index is 1.57. The molecular weight excluding hydrogens is 429 g/mol. The van der Waals surface area contributed by atoms with Crippen molar-refractivity contribution in [1.29, 1.82) is 0 Å². The average Bonchev–Trinajstić information content (AvgIpc) is 2.72. The van der Waals surface area contributed by atoms with Crippen LogP contribution in [0.25, 0.3) is 0 Å². The normalized spacial score (nSPS) is 15.8. The molecule has 1 heterocycles.